The predicted octanol–water partition coefficient (Wildman–Crippen LogP) is 5.58. The molecule has 0 amide bonds. The largest absolute Gasteiger partial charge is 0.497 e. The molecule has 1 aliphatic rings. The molecule has 7 nitrogen and oxygen atoms in total. The molecule has 2 heterocycles. The molecule has 1 saturated heterocycles. The number of methoxy groups -OCH3 is 1. The number of carboxylic acids is 1. The molecule has 2 aromatic carbocycles. The first-order valence-electron chi connectivity index (χ1n) is 13.3. The summed E-state index contributed by atoms with van der Waals surface area (Å²) in [6, 6.07) is 7.08. The number of fused-ring (bicyclic) bond motifs is 1. The first-order chi connectivity index (χ1) is 19.1. The minimum atomic E-state index is -1.51. The van der Waals surface area contributed by atoms with Gasteiger partial charge < -0.3 is 25.8 Å². The van der Waals surface area contributed by atoms with E-state index in [9.17, 15) is 23.1 Å². The van der Waals surface area contributed by atoms with Gasteiger partial charge in [-0.1, -0.05) is 0 Å². The molecule has 1 atom stereocenters. The highest BCUT2D eigenvalue weighted by molar-refractivity contribution is 5.85. The molecule has 0 saturated carbocycles. The van der Waals surface area contributed by atoms with Gasteiger partial charge in [0.25, 0.3) is 0 Å². The fourth-order valence-corrected chi connectivity index (χ4v) is 5.57. The van der Waals surface area contributed by atoms with E-state index in [1.807, 2.05) is 0 Å². The molecule has 4 N–H and O–H groups in total. The van der Waals surface area contributed by atoms with Crippen molar-refractivity contribution < 1.29 is 32.2 Å². The zero-order valence-electron chi connectivity index (χ0n) is 22.4. The number of alkyl halides is 1. The van der Waals surface area contributed by atoms with Crippen molar-refractivity contribution in [3.63, 3.8) is 0 Å². The molecule has 0 aliphatic carbocycles. The number of nitrogens with two attached hydrogens (primary N) is 1. The molecule has 1 fully saturated rings. The number of hydrogen-bond acceptors (Lipinski definition) is 6. The maximum atomic E-state index is 15.9. The molecular formula is C29H34F4N4O3. The van der Waals surface area contributed by atoms with Gasteiger partial charge in [0, 0.05) is 54.6 Å². The monoisotopic (exact) mass is 562 g/mol. The number of hydrogen-bond donors (Lipinski definition) is 3. The molecule has 0 bridgehead atoms. The zero-order chi connectivity index (χ0) is 28.9. The number of pyridine rings is 1. The number of rotatable bonds is 12. The molecule has 3 aromatic rings. The summed E-state index contributed by atoms with van der Waals surface area (Å²) in [6.45, 7) is 2.23. The van der Waals surface area contributed by atoms with Crippen LogP contribution in [0, 0.1) is 22.9 Å². The summed E-state index contributed by atoms with van der Waals surface area (Å²) in [7, 11) is 1.54. The normalized spacial score (nSPS) is 16.1. The molecule has 0 spiro atoms. The third-order valence-corrected chi connectivity index (χ3v) is 7.84. The highest BCUT2D eigenvalue weighted by Crippen LogP contribution is 2.43. The van der Waals surface area contributed by atoms with E-state index in [1.165, 1.54) is 7.11 Å². The number of aliphatic carboxylic acids is 1. The van der Waals surface area contributed by atoms with E-state index < -0.39 is 35.0 Å². The summed E-state index contributed by atoms with van der Waals surface area (Å²) in [4.78, 5) is 18.3. The van der Waals surface area contributed by atoms with Crippen LogP contribution in [0.5, 0.6) is 5.75 Å². The summed E-state index contributed by atoms with van der Waals surface area (Å²) in [5.74, 6) is -4.38. The maximum absolute atomic E-state index is 15.9. The maximum Gasteiger partial charge on any atom is 0.303 e. The number of carbonyl (C=O) groups is 1. The van der Waals surface area contributed by atoms with Crippen LogP contribution in [0.2, 0.25) is 0 Å². The van der Waals surface area contributed by atoms with E-state index in [4.69, 9.17) is 10.5 Å². The number of benzene rings is 2. The third-order valence-electron chi connectivity index (χ3n) is 7.84. The van der Waals surface area contributed by atoms with Crippen LogP contribution >= 0.6 is 0 Å². The van der Waals surface area contributed by atoms with Crippen LogP contribution in [0.25, 0.3) is 10.9 Å². The minimum Gasteiger partial charge on any atom is -0.497 e. The lowest BCUT2D eigenvalue weighted by Crippen LogP contribution is -2.43. The minimum absolute atomic E-state index is 0.0609. The second-order valence-electron chi connectivity index (χ2n) is 10.4. The van der Waals surface area contributed by atoms with Gasteiger partial charge in [-0.05, 0) is 68.0 Å². The highest BCUT2D eigenvalue weighted by Gasteiger charge is 2.37. The van der Waals surface area contributed by atoms with E-state index in [0.717, 1.165) is 12.1 Å². The van der Waals surface area contributed by atoms with Gasteiger partial charge in [0.05, 0.1) is 19.0 Å². The van der Waals surface area contributed by atoms with Crippen molar-refractivity contribution in [1.82, 2.24) is 9.88 Å². The molecule has 40 heavy (non-hydrogen) atoms. The Hall–Kier alpha value is -3.44. The van der Waals surface area contributed by atoms with E-state index in [1.54, 1.807) is 24.4 Å². The fraction of sp³-hybridized carbons (Fsp3) is 0.448. The van der Waals surface area contributed by atoms with E-state index >= 15 is 4.39 Å². The number of piperidine rings is 1. The number of nitrogens with zero attached hydrogens (tertiary/aromatic N) is 2. The predicted molar refractivity (Wildman–Crippen MR) is 144 cm³/mol. The average molecular weight is 563 g/mol. The summed E-state index contributed by atoms with van der Waals surface area (Å²) >= 11 is 0. The van der Waals surface area contributed by atoms with Crippen LogP contribution in [-0.2, 0) is 11.3 Å². The number of carboxylic acid groups (broad SMARTS) is 1. The van der Waals surface area contributed by atoms with Crippen molar-refractivity contribution in [2.75, 3.05) is 38.6 Å². The van der Waals surface area contributed by atoms with Crippen molar-refractivity contribution in [3.05, 3.63) is 65.1 Å². The van der Waals surface area contributed by atoms with Gasteiger partial charge in [0.15, 0.2) is 17.5 Å². The van der Waals surface area contributed by atoms with Crippen LogP contribution in [0.15, 0.2) is 36.5 Å². The zero-order valence-corrected chi connectivity index (χ0v) is 22.4. The van der Waals surface area contributed by atoms with Crippen LogP contribution in [0.1, 0.15) is 49.4 Å². The molecule has 216 valence electrons. The van der Waals surface area contributed by atoms with Crippen LogP contribution in [-0.4, -0.2) is 54.2 Å². The van der Waals surface area contributed by atoms with Gasteiger partial charge in [-0.2, -0.15) is 0 Å². The Labute approximate surface area is 230 Å². The Bertz CT molecular complexity index is 1320. The van der Waals surface area contributed by atoms with Gasteiger partial charge >= 0.3 is 5.97 Å². The number of anilines is 1. The van der Waals surface area contributed by atoms with Crippen molar-refractivity contribution in [1.29, 1.82) is 0 Å². The Balaban J connectivity index is 1.40. The van der Waals surface area contributed by atoms with Crippen molar-refractivity contribution in [2.24, 2.45) is 11.1 Å². The van der Waals surface area contributed by atoms with E-state index in [2.05, 4.69) is 15.2 Å². The lowest BCUT2D eigenvalue weighted by molar-refractivity contribution is -0.141. The first-order valence-corrected chi connectivity index (χ1v) is 13.3. The lowest BCUT2D eigenvalue weighted by atomic mass is 9.71. The molecule has 0 unspecified atom stereocenters. The lowest BCUT2D eigenvalue weighted by Gasteiger charge is -2.41. The van der Waals surface area contributed by atoms with Gasteiger partial charge in [-0.25, -0.2) is 17.6 Å². The Morgan fingerprint density at radius 1 is 1.20 bits per heavy atom. The number of halogens is 4. The average Bonchev–Trinajstić information content (AvgIpc) is 2.94. The number of likely N-dealkylation sites (tertiary alicyclic amines) is 1. The second-order valence-corrected chi connectivity index (χ2v) is 10.4. The van der Waals surface area contributed by atoms with Gasteiger partial charge in [0.2, 0.25) is 0 Å². The van der Waals surface area contributed by atoms with Crippen LogP contribution < -0.4 is 15.8 Å². The molecular weight excluding hydrogens is 528 g/mol. The summed E-state index contributed by atoms with van der Waals surface area (Å²) < 4.78 is 61.3. The Kier molecular flexibility index (Phi) is 9.47. The summed E-state index contributed by atoms with van der Waals surface area (Å²) in [5, 5.41) is 13.2. The molecule has 11 heteroatoms. The summed E-state index contributed by atoms with van der Waals surface area (Å²) in [5.41, 5.74) is 7.19. The molecule has 4 rings (SSSR count). The molecule has 1 aromatic heterocycles. The van der Waals surface area contributed by atoms with E-state index in [-0.39, 0.29) is 25.1 Å². The quantitative estimate of drug-likeness (QED) is 0.196. The molecule has 0 radical (unpaired) electrons. The standard InChI is InChI=1S/C29H34F4N4O3/c1-40-20-2-3-25-21(14-20)27(18(16-34)17-36-25)22(30)4-5-29(15-26(38)39)6-9-37(10-7-29)11-8-35-19-12-23(31)28(33)24(32)13-19/h2-3,12-14,17,22,35H,4-11,15-16,34H2,1H3,(H,38,39)/t22-/m1/s1. The highest BCUT2D eigenvalue weighted by atomic mass is 19.2. The third kappa shape index (κ3) is 6.82. The van der Waals surface area contributed by atoms with Gasteiger partial charge in [-0.15, -0.1) is 0 Å². The second kappa shape index (κ2) is 12.8. The smallest absolute Gasteiger partial charge is 0.303 e. The van der Waals surface area contributed by atoms with Gasteiger partial charge in [-0.3, -0.25) is 9.78 Å². The Morgan fingerprint density at radius 3 is 2.52 bits per heavy atom. The number of aromatic nitrogens is 1. The Morgan fingerprint density at radius 2 is 1.90 bits per heavy atom. The SMILES string of the molecule is COc1ccc2ncc(CN)c([C@H](F)CCC3(CC(=O)O)CCN(CCNc4cc(F)c(F)c(F)c4)CC3)c2c1. The summed E-state index contributed by atoms with van der Waals surface area (Å²) in [6.07, 6.45) is 1.83. The number of ether oxygens (including phenoxy) is 1. The first kappa shape index (κ1) is 29.5. The fourth-order valence-electron chi connectivity index (χ4n) is 5.57. The van der Waals surface area contributed by atoms with Crippen molar-refractivity contribution >= 4 is 22.6 Å². The molecule has 1 aliphatic heterocycles. The van der Waals surface area contributed by atoms with E-state index in [0.29, 0.717) is 73.2 Å². The van der Waals surface area contributed by atoms with Crippen molar-refractivity contribution in [2.45, 2.75) is 44.8 Å². The van der Waals surface area contributed by atoms with Crippen LogP contribution in [0.3, 0.4) is 0 Å². The topological polar surface area (TPSA) is 101 Å². The number of nitrogens with one attached hydrogen (secondary N) is 1. The van der Waals surface area contributed by atoms with Gasteiger partial charge in [0.1, 0.15) is 11.9 Å². The van der Waals surface area contributed by atoms with Crippen molar-refractivity contribution in [3.8, 4) is 5.75 Å². The van der Waals surface area contributed by atoms with Crippen LogP contribution in [0.4, 0.5) is 23.2 Å².